The first-order valence-electron chi connectivity index (χ1n) is 10.6. The normalized spacial score (nSPS) is 16.1. The van der Waals surface area contributed by atoms with Crippen molar-refractivity contribution in [2.45, 2.75) is 32.9 Å². The minimum absolute atomic E-state index is 0. The molecule has 9 heteroatoms. The van der Waals surface area contributed by atoms with Crippen molar-refractivity contribution >= 4 is 35.6 Å². The lowest BCUT2D eigenvalue weighted by atomic mass is 10.2. The third-order valence-corrected chi connectivity index (χ3v) is 5.50. The summed E-state index contributed by atoms with van der Waals surface area (Å²) in [7, 11) is 1.81. The molecule has 2 aromatic rings. The van der Waals surface area contributed by atoms with E-state index < -0.39 is 0 Å². The van der Waals surface area contributed by atoms with Gasteiger partial charge in [0.15, 0.2) is 5.96 Å². The van der Waals surface area contributed by atoms with Crippen LogP contribution < -0.4 is 15.5 Å². The van der Waals surface area contributed by atoms with E-state index in [9.17, 15) is 0 Å². The lowest BCUT2D eigenvalue weighted by Crippen LogP contribution is -2.53. The second-order valence-corrected chi connectivity index (χ2v) is 7.38. The van der Waals surface area contributed by atoms with Crippen LogP contribution in [-0.4, -0.2) is 78.0 Å². The molecule has 1 aliphatic heterocycles. The Labute approximate surface area is 197 Å². The molecule has 1 unspecified atom stereocenters. The van der Waals surface area contributed by atoms with Crippen LogP contribution in [0.1, 0.15) is 19.7 Å². The Morgan fingerprint density at radius 1 is 1.13 bits per heavy atom. The Bertz CT molecular complexity index is 755. The topological polar surface area (TPSA) is 73.6 Å². The maximum absolute atomic E-state index is 4.35. The predicted molar refractivity (Wildman–Crippen MR) is 134 cm³/mol. The quantitative estimate of drug-likeness (QED) is 0.311. The Balaban J connectivity index is 0.00000320. The summed E-state index contributed by atoms with van der Waals surface area (Å²) in [6.45, 7) is 11.2. The number of guanidine groups is 1. The minimum Gasteiger partial charge on any atom is -0.369 e. The molecule has 1 fully saturated rings. The molecule has 1 saturated heterocycles. The number of nitrogens with one attached hydrogen (secondary N) is 2. The Morgan fingerprint density at radius 3 is 2.53 bits per heavy atom. The van der Waals surface area contributed by atoms with Crippen molar-refractivity contribution < 1.29 is 0 Å². The first-order valence-corrected chi connectivity index (χ1v) is 10.6. The number of para-hydroxylation sites is 1. The van der Waals surface area contributed by atoms with Gasteiger partial charge in [-0.25, -0.2) is 0 Å². The van der Waals surface area contributed by atoms with Crippen molar-refractivity contribution in [1.29, 1.82) is 0 Å². The largest absolute Gasteiger partial charge is 0.369 e. The molecule has 0 aliphatic carbocycles. The average molecular weight is 526 g/mol. The Morgan fingerprint density at radius 2 is 1.87 bits per heavy atom. The molecule has 1 aliphatic rings. The summed E-state index contributed by atoms with van der Waals surface area (Å²) >= 11 is 0. The molecule has 0 saturated carbocycles. The van der Waals surface area contributed by atoms with Crippen molar-refractivity contribution in [2.24, 2.45) is 4.99 Å². The molecule has 1 aromatic carbocycles. The number of hydrogen-bond donors (Lipinski definition) is 2. The van der Waals surface area contributed by atoms with Gasteiger partial charge in [-0.05, 0) is 19.1 Å². The summed E-state index contributed by atoms with van der Waals surface area (Å²) in [4.78, 5) is 9.36. The zero-order valence-corrected chi connectivity index (χ0v) is 20.6. The van der Waals surface area contributed by atoms with Crippen LogP contribution >= 0.6 is 24.0 Å². The summed E-state index contributed by atoms with van der Waals surface area (Å²) < 4.78 is 2.08. The van der Waals surface area contributed by atoms with Crippen LogP contribution in [0.15, 0.2) is 41.7 Å². The van der Waals surface area contributed by atoms with Crippen molar-refractivity contribution in [3.63, 3.8) is 0 Å². The van der Waals surface area contributed by atoms with Crippen LogP contribution in [0.4, 0.5) is 5.69 Å². The van der Waals surface area contributed by atoms with E-state index in [1.165, 1.54) is 5.69 Å². The van der Waals surface area contributed by atoms with Gasteiger partial charge < -0.3 is 20.1 Å². The Hall–Kier alpha value is -1.88. The van der Waals surface area contributed by atoms with Gasteiger partial charge in [0.2, 0.25) is 0 Å². The van der Waals surface area contributed by atoms with Crippen LogP contribution in [-0.2, 0) is 13.0 Å². The molecule has 30 heavy (non-hydrogen) atoms. The number of rotatable bonds is 8. The molecule has 166 valence electrons. The van der Waals surface area contributed by atoms with Gasteiger partial charge in [0, 0.05) is 71.0 Å². The van der Waals surface area contributed by atoms with Gasteiger partial charge >= 0.3 is 0 Å². The third-order valence-electron chi connectivity index (χ3n) is 5.50. The second kappa shape index (κ2) is 12.7. The van der Waals surface area contributed by atoms with Gasteiger partial charge in [-0.1, -0.05) is 25.1 Å². The van der Waals surface area contributed by atoms with Gasteiger partial charge in [0.05, 0.1) is 0 Å². The first-order chi connectivity index (χ1) is 14.2. The van der Waals surface area contributed by atoms with E-state index in [1.54, 1.807) is 6.33 Å². The number of aryl methyl sites for hydroxylation is 1. The highest BCUT2D eigenvalue weighted by Crippen LogP contribution is 2.16. The van der Waals surface area contributed by atoms with Crippen molar-refractivity contribution in [3.8, 4) is 0 Å². The molecular formula is C21H35IN8. The van der Waals surface area contributed by atoms with Crippen LogP contribution in [0.2, 0.25) is 0 Å². The van der Waals surface area contributed by atoms with Crippen LogP contribution in [0, 0.1) is 0 Å². The zero-order chi connectivity index (χ0) is 20.5. The molecule has 3 rings (SSSR count). The lowest BCUT2D eigenvalue weighted by Gasteiger charge is -2.39. The van der Waals surface area contributed by atoms with E-state index in [0.29, 0.717) is 6.04 Å². The van der Waals surface area contributed by atoms with E-state index in [0.717, 1.165) is 64.0 Å². The zero-order valence-electron chi connectivity index (χ0n) is 18.3. The molecule has 1 aromatic heterocycles. The summed E-state index contributed by atoms with van der Waals surface area (Å²) in [5.41, 5.74) is 1.32. The molecule has 1 atom stereocenters. The summed E-state index contributed by atoms with van der Waals surface area (Å²) in [6.07, 6.45) is 2.68. The molecule has 2 N–H and O–H groups in total. The van der Waals surface area contributed by atoms with Crippen molar-refractivity contribution in [1.82, 2.24) is 30.3 Å². The standard InChI is InChI=1S/C21H34N8.HI/c1-4-20-26-25-17-29(20)11-10-23-21(22-3)24-16-18(2)27-12-14-28(15-13-27)19-8-6-5-7-9-19;/h5-9,17-18H,4,10-16H2,1-3H3,(H2,22,23,24);1H. The summed E-state index contributed by atoms with van der Waals surface area (Å²) in [5.74, 6) is 1.85. The smallest absolute Gasteiger partial charge is 0.191 e. The molecule has 0 bridgehead atoms. The highest BCUT2D eigenvalue weighted by molar-refractivity contribution is 14.0. The second-order valence-electron chi connectivity index (χ2n) is 7.38. The van der Waals surface area contributed by atoms with Gasteiger partial charge in [0.1, 0.15) is 12.2 Å². The van der Waals surface area contributed by atoms with Crippen LogP contribution in [0.3, 0.4) is 0 Å². The Kier molecular flexibility index (Phi) is 10.4. The van der Waals surface area contributed by atoms with E-state index >= 15 is 0 Å². The van der Waals surface area contributed by atoms with Gasteiger partial charge in [-0.3, -0.25) is 9.89 Å². The number of anilines is 1. The highest BCUT2D eigenvalue weighted by atomic mass is 127. The lowest BCUT2D eigenvalue weighted by molar-refractivity contribution is 0.197. The van der Waals surface area contributed by atoms with E-state index in [2.05, 4.69) is 84.4 Å². The average Bonchev–Trinajstić information content (AvgIpc) is 3.24. The highest BCUT2D eigenvalue weighted by Gasteiger charge is 2.21. The van der Waals surface area contributed by atoms with Gasteiger partial charge in [0.25, 0.3) is 0 Å². The predicted octanol–water partition coefficient (Wildman–Crippen LogP) is 1.83. The fraction of sp³-hybridized carbons (Fsp3) is 0.571. The van der Waals surface area contributed by atoms with E-state index in [1.807, 2.05) is 7.05 Å². The molecule has 0 radical (unpaired) electrons. The molecular weight excluding hydrogens is 491 g/mol. The minimum atomic E-state index is 0. The summed E-state index contributed by atoms with van der Waals surface area (Å²) in [5, 5.41) is 14.9. The first kappa shape index (κ1) is 24.4. The van der Waals surface area contributed by atoms with Gasteiger partial charge in [-0.2, -0.15) is 0 Å². The van der Waals surface area contributed by atoms with Gasteiger partial charge in [-0.15, -0.1) is 34.2 Å². The number of halogens is 1. The number of piperazine rings is 1. The maximum Gasteiger partial charge on any atom is 0.191 e. The number of aromatic nitrogens is 3. The number of nitrogens with zero attached hydrogens (tertiary/aromatic N) is 6. The molecule has 8 nitrogen and oxygen atoms in total. The molecule has 2 heterocycles. The number of benzene rings is 1. The third kappa shape index (κ3) is 6.83. The van der Waals surface area contributed by atoms with Crippen molar-refractivity contribution in [2.75, 3.05) is 51.2 Å². The van der Waals surface area contributed by atoms with E-state index in [-0.39, 0.29) is 24.0 Å². The summed E-state index contributed by atoms with van der Waals surface area (Å²) in [6, 6.07) is 11.1. The molecule has 0 spiro atoms. The monoisotopic (exact) mass is 526 g/mol. The SMILES string of the molecule is CCc1nncn1CCNC(=NC)NCC(C)N1CCN(c2ccccc2)CC1.I. The fourth-order valence-corrected chi connectivity index (χ4v) is 3.69. The molecule has 0 amide bonds. The number of hydrogen-bond acceptors (Lipinski definition) is 5. The maximum atomic E-state index is 4.35. The number of aliphatic imine (C=N–C) groups is 1. The van der Waals surface area contributed by atoms with Crippen molar-refractivity contribution in [3.05, 3.63) is 42.5 Å². The fourth-order valence-electron chi connectivity index (χ4n) is 3.69. The van der Waals surface area contributed by atoms with Crippen LogP contribution in [0.25, 0.3) is 0 Å². The van der Waals surface area contributed by atoms with E-state index in [4.69, 9.17) is 0 Å². The van der Waals surface area contributed by atoms with Crippen LogP contribution in [0.5, 0.6) is 0 Å².